The van der Waals surface area contributed by atoms with Gasteiger partial charge in [0, 0.05) is 16.7 Å². The lowest BCUT2D eigenvalue weighted by Gasteiger charge is -2.16. The molecule has 4 rings (SSSR count). The maximum absolute atomic E-state index is 9.47. The van der Waals surface area contributed by atoms with Crippen LogP contribution in [0.1, 0.15) is 35.8 Å². The summed E-state index contributed by atoms with van der Waals surface area (Å²) in [4.78, 5) is 12.2. The number of aliphatic hydroxyl groups is 1. The number of aliphatic hydroxyl groups excluding tert-OH is 1. The lowest BCUT2D eigenvalue weighted by Crippen LogP contribution is -2.20. The minimum absolute atomic E-state index is 0.0285. The van der Waals surface area contributed by atoms with Gasteiger partial charge in [0.25, 0.3) is 0 Å². The second-order valence-corrected chi connectivity index (χ2v) is 8.77. The molecule has 1 unspecified atom stereocenters. The van der Waals surface area contributed by atoms with Gasteiger partial charge in [-0.1, -0.05) is 42.1 Å². The van der Waals surface area contributed by atoms with Crippen molar-refractivity contribution in [3.8, 4) is 0 Å². The zero-order valence-electron chi connectivity index (χ0n) is 14.9. The van der Waals surface area contributed by atoms with Crippen LogP contribution in [0.25, 0.3) is 10.2 Å². The Bertz CT molecular complexity index is 895. The van der Waals surface area contributed by atoms with Crippen LogP contribution in [0, 0.1) is 0 Å². The van der Waals surface area contributed by atoms with Crippen molar-refractivity contribution in [1.29, 1.82) is 0 Å². The van der Waals surface area contributed by atoms with Crippen molar-refractivity contribution < 1.29 is 5.11 Å². The number of thiophene rings is 1. The van der Waals surface area contributed by atoms with E-state index in [-0.39, 0.29) is 12.6 Å². The molecule has 136 valence electrons. The topological polar surface area (TPSA) is 58.0 Å². The molecule has 2 aromatic heterocycles. The van der Waals surface area contributed by atoms with Crippen molar-refractivity contribution in [2.75, 3.05) is 11.9 Å². The molecule has 0 fully saturated rings. The third-order valence-corrected chi connectivity index (χ3v) is 6.77. The van der Waals surface area contributed by atoms with Crippen LogP contribution in [-0.2, 0) is 18.6 Å². The minimum atomic E-state index is -0.0285. The van der Waals surface area contributed by atoms with E-state index in [1.165, 1.54) is 34.2 Å². The van der Waals surface area contributed by atoms with E-state index < -0.39 is 0 Å². The molecule has 0 radical (unpaired) electrons. The van der Waals surface area contributed by atoms with Gasteiger partial charge in [0.05, 0.1) is 12.0 Å². The molecular weight excluding hydrogens is 362 g/mol. The quantitative estimate of drug-likeness (QED) is 0.478. The van der Waals surface area contributed by atoms with Crippen molar-refractivity contribution in [3.63, 3.8) is 0 Å². The third-order valence-electron chi connectivity index (χ3n) is 4.66. The van der Waals surface area contributed by atoms with Gasteiger partial charge in [-0.2, -0.15) is 0 Å². The molecule has 2 N–H and O–H groups in total. The van der Waals surface area contributed by atoms with E-state index >= 15 is 0 Å². The molecule has 1 aliphatic rings. The van der Waals surface area contributed by atoms with Crippen LogP contribution in [0.5, 0.6) is 0 Å². The van der Waals surface area contributed by atoms with Gasteiger partial charge in [-0.05, 0) is 43.7 Å². The number of benzene rings is 1. The third kappa shape index (κ3) is 3.72. The minimum Gasteiger partial charge on any atom is -0.394 e. The summed E-state index contributed by atoms with van der Waals surface area (Å²) < 4.78 is 0. The number of fused-ring (bicyclic) bond motifs is 3. The highest BCUT2D eigenvalue weighted by Gasteiger charge is 2.22. The van der Waals surface area contributed by atoms with Crippen molar-refractivity contribution >= 4 is 39.1 Å². The van der Waals surface area contributed by atoms with Crippen LogP contribution in [0.4, 0.5) is 5.82 Å². The molecule has 0 aliphatic heterocycles. The summed E-state index contributed by atoms with van der Waals surface area (Å²) in [7, 11) is 0. The molecule has 0 saturated heterocycles. The van der Waals surface area contributed by atoms with E-state index in [0.29, 0.717) is 0 Å². The first kappa shape index (κ1) is 17.8. The SMILES string of the molecule is CC(CO)Nc1nc(SCc2ccccc2)nc2sc3c(c12)CCCC3. The molecule has 1 atom stereocenters. The predicted octanol–water partition coefficient (Wildman–Crippen LogP) is 4.66. The highest BCUT2D eigenvalue weighted by molar-refractivity contribution is 7.98. The van der Waals surface area contributed by atoms with Gasteiger partial charge in [-0.3, -0.25) is 0 Å². The summed E-state index contributed by atoms with van der Waals surface area (Å²) in [6.45, 7) is 2.06. The second-order valence-electron chi connectivity index (χ2n) is 6.75. The molecule has 26 heavy (non-hydrogen) atoms. The summed E-state index contributed by atoms with van der Waals surface area (Å²) >= 11 is 3.48. The van der Waals surface area contributed by atoms with E-state index in [9.17, 15) is 5.11 Å². The van der Waals surface area contributed by atoms with E-state index in [4.69, 9.17) is 9.97 Å². The zero-order valence-corrected chi connectivity index (χ0v) is 16.5. The fourth-order valence-electron chi connectivity index (χ4n) is 3.31. The number of aryl methyl sites for hydroxylation is 2. The van der Waals surface area contributed by atoms with Gasteiger partial charge in [0.1, 0.15) is 10.6 Å². The lowest BCUT2D eigenvalue weighted by atomic mass is 9.97. The molecular formula is C20H23N3OS2. The van der Waals surface area contributed by atoms with E-state index in [1.807, 2.05) is 24.3 Å². The number of rotatable bonds is 6. The molecule has 0 spiro atoms. The average molecular weight is 386 g/mol. The van der Waals surface area contributed by atoms with Crippen LogP contribution < -0.4 is 5.32 Å². The van der Waals surface area contributed by atoms with E-state index in [2.05, 4.69) is 29.6 Å². The summed E-state index contributed by atoms with van der Waals surface area (Å²) in [5.74, 6) is 1.73. The normalized spacial score (nSPS) is 15.0. The molecule has 4 nitrogen and oxygen atoms in total. The highest BCUT2D eigenvalue weighted by Crippen LogP contribution is 2.39. The zero-order chi connectivity index (χ0) is 17.9. The fourth-order valence-corrected chi connectivity index (χ4v) is 5.43. The first-order valence-electron chi connectivity index (χ1n) is 9.11. The van der Waals surface area contributed by atoms with Crippen molar-refractivity contribution in [2.24, 2.45) is 0 Å². The fraction of sp³-hybridized carbons (Fsp3) is 0.400. The molecule has 0 amide bonds. The van der Waals surface area contributed by atoms with Crippen molar-refractivity contribution in [2.45, 2.75) is 49.6 Å². The van der Waals surface area contributed by atoms with Gasteiger partial charge in [0.15, 0.2) is 5.16 Å². The summed E-state index contributed by atoms with van der Waals surface area (Å²) in [6, 6.07) is 10.4. The van der Waals surface area contributed by atoms with Crippen LogP contribution in [0.2, 0.25) is 0 Å². The Morgan fingerprint density at radius 2 is 2.00 bits per heavy atom. The standard InChI is InChI=1S/C20H23N3OS2/c1-13(11-24)21-18-17-15-9-5-6-10-16(15)26-19(17)23-20(22-18)25-12-14-7-3-2-4-8-14/h2-4,7-8,13,24H,5-6,9-12H2,1H3,(H,21,22,23). The maximum Gasteiger partial charge on any atom is 0.191 e. The molecule has 1 aromatic carbocycles. The number of nitrogens with one attached hydrogen (secondary N) is 1. The molecule has 3 aromatic rings. The number of hydrogen-bond acceptors (Lipinski definition) is 6. The van der Waals surface area contributed by atoms with Crippen molar-refractivity contribution in [1.82, 2.24) is 9.97 Å². The number of nitrogens with zero attached hydrogens (tertiary/aromatic N) is 2. The summed E-state index contributed by atoms with van der Waals surface area (Å²) in [5.41, 5.74) is 2.69. The van der Waals surface area contributed by atoms with Gasteiger partial charge < -0.3 is 10.4 Å². The first-order chi connectivity index (χ1) is 12.7. The summed E-state index contributed by atoms with van der Waals surface area (Å²) in [6.07, 6.45) is 4.76. The Balaban J connectivity index is 1.70. The van der Waals surface area contributed by atoms with Crippen LogP contribution >= 0.6 is 23.1 Å². The Hall–Kier alpha value is -1.63. The van der Waals surface area contributed by atoms with Crippen molar-refractivity contribution in [3.05, 3.63) is 46.3 Å². The summed E-state index contributed by atoms with van der Waals surface area (Å²) in [5, 5.41) is 14.8. The Labute approximate surface area is 162 Å². The maximum atomic E-state index is 9.47. The second kappa shape index (κ2) is 7.94. The number of thioether (sulfide) groups is 1. The van der Waals surface area contributed by atoms with Crippen LogP contribution in [0.15, 0.2) is 35.5 Å². The monoisotopic (exact) mass is 385 g/mol. The molecule has 2 heterocycles. The number of aromatic nitrogens is 2. The Morgan fingerprint density at radius 3 is 2.81 bits per heavy atom. The van der Waals surface area contributed by atoms with Gasteiger partial charge in [-0.25, -0.2) is 9.97 Å². The van der Waals surface area contributed by atoms with Crippen LogP contribution in [-0.4, -0.2) is 27.7 Å². The largest absolute Gasteiger partial charge is 0.394 e. The Kier molecular flexibility index (Phi) is 5.43. The van der Waals surface area contributed by atoms with E-state index in [0.717, 1.165) is 34.4 Å². The number of anilines is 1. The Morgan fingerprint density at radius 1 is 1.19 bits per heavy atom. The first-order valence-corrected chi connectivity index (χ1v) is 10.9. The van der Waals surface area contributed by atoms with E-state index in [1.54, 1.807) is 11.8 Å². The molecule has 1 aliphatic carbocycles. The highest BCUT2D eigenvalue weighted by atomic mass is 32.2. The average Bonchev–Trinajstić information content (AvgIpc) is 3.05. The lowest BCUT2D eigenvalue weighted by molar-refractivity contribution is 0.281. The number of hydrogen-bond donors (Lipinski definition) is 2. The van der Waals surface area contributed by atoms with Gasteiger partial charge in [-0.15, -0.1) is 11.3 Å². The predicted molar refractivity (Wildman–Crippen MR) is 110 cm³/mol. The van der Waals surface area contributed by atoms with Crippen LogP contribution in [0.3, 0.4) is 0 Å². The molecule has 0 bridgehead atoms. The van der Waals surface area contributed by atoms with Gasteiger partial charge in [0.2, 0.25) is 0 Å². The molecule has 6 heteroatoms. The van der Waals surface area contributed by atoms with Gasteiger partial charge >= 0.3 is 0 Å². The smallest absolute Gasteiger partial charge is 0.191 e. The molecule has 0 saturated carbocycles.